The third-order valence-electron chi connectivity index (χ3n) is 3.08. The summed E-state index contributed by atoms with van der Waals surface area (Å²) in [5, 5.41) is 0. The molecule has 2 atom stereocenters. The predicted molar refractivity (Wildman–Crippen MR) is 63.6 cm³/mol. The summed E-state index contributed by atoms with van der Waals surface area (Å²) in [5.74, 6) is 1.14. The molecule has 1 aliphatic carbocycles. The maximum atomic E-state index is 11.9. The van der Waals surface area contributed by atoms with Crippen molar-refractivity contribution in [3.05, 3.63) is 0 Å². The number of nitrogens with zero attached hydrogens (tertiary/aromatic N) is 1. The molecule has 90 valence electrons. The summed E-state index contributed by atoms with van der Waals surface area (Å²) >= 11 is 5.63. The summed E-state index contributed by atoms with van der Waals surface area (Å²) in [6, 6.07) is 0.137. The zero-order valence-electron chi connectivity index (χ0n) is 9.61. The summed E-state index contributed by atoms with van der Waals surface area (Å²) in [5.41, 5.74) is 0. The minimum Gasteiger partial charge on any atom is -0.212 e. The molecular weight excluding hydrogens is 234 g/mol. The van der Waals surface area contributed by atoms with Crippen LogP contribution in [0, 0.1) is 11.8 Å². The van der Waals surface area contributed by atoms with Crippen LogP contribution in [0.5, 0.6) is 0 Å². The quantitative estimate of drug-likeness (QED) is 0.679. The van der Waals surface area contributed by atoms with Crippen LogP contribution >= 0.6 is 11.6 Å². The predicted octanol–water partition coefficient (Wildman–Crippen LogP) is 1.92. The Morgan fingerprint density at radius 1 is 1.40 bits per heavy atom. The Labute approximate surface area is 97.8 Å². The van der Waals surface area contributed by atoms with Crippen LogP contribution in [0.25, 0.3) is 0 Å². The smallest absolute Gasteiger partial charge is 0.212 e. The largest absolute Gasteiger partial charge is 0.214 e. The summed E-state index contributed by atoms with van der Waals surface area (Å²) in [6.45, 7) is 3.85. The SMILES string of the molecule is CC(CCl)CS(=O)(=O)N(C)C(C)C1CC1. The molecule has 0 aromatic rings. The second kappa shape index (κ2) is 5.02. The number of sulfonamides is 1. The van der Waals surface area contributed by atoms with E-state index in [1.165, 1.54) is 4.31 Å². The molecule has 0 spiro atoms. The van der Waals surface area contributed by atoms with Gasteiger partial charge >= 0.3 is 0 Å². The van der Waals surface area contributed by atoms with Gasteiger partial charge in [0.05, 0.1) is 5.75 Å². The molecule has 0 aromatic carbocycles. The lowest BCUT2D eigenvalue weighted by Gasteiger charge is -2.25. The highest BCUT2D eigenvalue weighted by molar-refractivity contribution is 7.89. The number of rotatable bonds is 6. The van der Waals surface area contributed by atoms with Crippen LogP contribution in [0.4, 0.5) is 0 Å². The zero-order valence-corrected chi connectivity index (χ0v) is 11.2. The molecule has 0 amide bonds. The number of alkyl halides is 1. The van der Waals surface area contributed by atoms with Crippen molar-refractivity contribution in [3.63, 3.8) is 0 Å². The Hall–Kier alpha value is 0.200. The fourth-order valence-electron chi connectivity index (χ4n) is 1.65. The number of halogens is 1. The van der Waals surface area contributed by atoms with Crippen LogP contribution in [-0.4, -0.2) is 37.4 Å². The molecule has 0 aromatic heterocycles. The van der Waals surface area contributed by atoms with E-state index in [9.17, 15) is 8.42 Å². The Kier molecular flexibility index (Phi) is 4.44. The first kappa shape index (κ1) is 13.3. The third kappa shape index (κ3) is 3.61. The highest BCUT2D eigenvalue weighted by Crippen LogP contribution is 2.35. The maximum Gasteiger partial charge on any atom is 0.214 e. The van der Waals surface area contributed by atoms with E-state index in [0.29, 0.717) is 11.8 Å². The van der Waals surface area contributed by atoms with Gasteiger partial charge in [-0.3, -0.25) is 0 Å². The van der Waals surface area contributed by atoms with Crippen molar-refractivity contribution in [1.29, 1.82) is 0 Å². The van der Waals surface area contributed by atoms with Crippen LogP contribution in [0.15, 0.2) is 0 Å². The monoisotopic (exact) mass is 253 g/mol. The van der Waals surface area contributed by atoms with Gasteiger partial charge in [0.1, 0.15) is 0 Å². The molecule has 1 aliphatic rings. The first-order valence-corrected chi connectivity index (χ1v) is 7.54. The fraction of sp³-hybridized carbons (Fsp3) is 1.00. The molecule has 0 radical (unpaired) electrons. The molecule has 2 unspecified atom stereocenters. The van der Waals surface area contributed by atoms with Crippen molar-refractivity contribution in [1.82, 2.24) is 4.31 Å². The van der Waals surface area contributed by atoms with Crippen molar-refractivity contribution in [2.45, 2.75) is 32.7 Å². The zero-order chi connectivity index (χ0) is 11.6. The van der Waals surface area contributed by atoms with Crippen LogP contribution in [0.3, 0.4) is 0 Å². The molecule has 0 heterocycles. The first-order chi connectivity index (χ1) is 6.88. The van der Waals surface area contributed by atoms with E-state index in [2.05, 4.69) is 0 Å². The maximum absolute atomic E-state index is 11.9. The van der Waals surface area contributed by atoms with Gasteiger partial charge in [-0.25, -0.2) is 12.7 Å². The van der Waals surface area contributed by atoms with Crippen LogP contribution in [-0.2, 0) is 10.0 Å². The average Bonchev–Trinajstić information content (AvgIpc) is 2.97. The van der Waals surface area contributed by atoms with Gasteiger partial charge < -0.3 is 0 Å². The van der Waals surface area contributed by atoms with E-state index in [1.807, 2.05) is 13.8 Å². The Balaban J connectivity index is 2.59. The molecule has 5 heteroatoms. The van der Waals surface area contributed by atoms with Gasteiger partial charge in [0.25, 0.3) is 0 Å². The molecule has 1 saturated carbocycles. The topological polar surface area (TPSA) is 37.4 Å². The van der Waals surface area contributed by atoms with Gasteiger partial charge in [0.15, 0.2) is 0 Å². The van der Waals surface area contributed by atoms with E-state index in [4.69, 9.17) is 11.6 Å². The van der Waals surface area contributed by atoms with E-state index in [-0.39, 0.29) is 17.7 Å². The van der Waals surface area contributed by atoms with Crippen LogP contribution < -0.4 is 0 Å². The molecule has 0 saturated heterocycles. The Bertz CT molecular complexity index is 301. The van der Waals surface area contributed by atoms with Gasteiger partial charge in [-0.15, -0.1) is 11.6 Å². The minimum atomic E-state index is -3.13. The lowest BCUT2D eigenvalue weighted by Crippen LogP contribution is -2.39. The highest BCUT2D eigenvalue weighted by atomic mass is 35.5. The Morgan fingerprint density at radius 3 is 2.33 bits per heavy atom. The van der Waals surface area contributed by atoms with Crippen LogP contribution in [0.2, 0.25) is 0 Å². The fourth-order valence-corrected chi connectivity index (χ4v) is 3.64. The third-order valence-corrected chi connectivity index (χ3v) is 5.80. The molecule has 0 aliphatic heterocycles. The summed E-state index contributed by atoms with van der Waals surface area (Å²) in [4.78, 5) is 0. The molecule has 3 nitrogen and oxygen atoms in total. The summed E-state index contributed by atoms with van der Waals surface area (Å²) in [7, 11) is -1.45. The van der Waals surface area contributed by atoms with Gasteiger partial charge in [-0.2, -0.15) is 0 Å². The van der Waals surface area contributed by atoms with Gasteiger partial charge in [-0.1, -0.05) is 6.92 Å². The molecular formula is C10H20ClNO2S. The lowest BCUT2D eigenvalue weighted by molar-refractivity contribution is 0.355. The van der Waals surface area contributed by atoms with E-state index < -0.39 is 10.0 Å². The summed E-state index contributed by atoms with van der Waals surface area (Å²) < 4.78 is 25.4. The van der Waals surface area contributed by atoms with Crippen molar-refractivity contribution < 1.29 is 8.42 Å². The van der Waals surface area contributed by atoms with E-state index in [1.54, 1.807) is 7.05 Å². The minimum absolute atomic E-state index is 0.0190. The normalized spacial score (nSPS) is 21.7. The van der Waals surface area contributed by atoms with E-state index in [0.717, 1.165) is 12.8 Å². The highest BCUT2D eigenvalue weighted by Gasteiger charge is 2.35. The van der Waals surface area contributed by atoms with Gasteiger partial charge in [0.2, 0.25) is 10.0 Å². The van der Waals surface area contributed by atoms with Crippen LogP contribution in [0.1, 0.15) is 26.7 Å². The second-order valence-electron chi connectivity index (χ2n) is 4.63. The number of hydrogen-bond donors (Lipinski definition) is 0. The summed E-state index contributed by atoms with van der Waals surface area (Å²) in [6.07, 6.45) is 2.32. The standard InChI is InChI=1S/C10H20ClNO2S/c1-8(6-11)7-15(13,14)12(3)9(2)10-4-5-10/h8-10H,4-7H2,1-3H3. The van der Waals surface area contributed by atoms with Gasteiger partial charge in [0, 0.05) is 19.0 Å². The second-order valence-corrected chi connectivity index (χ2v) is 7.01. The van der Waals surface area contributed by atoms with Crippen molar-refractivity contribution in [3.8, 4) is 0 Å². The molecule has 1 fully saturated rings. The lowest BCUT2D eigenvalue weighted by atomic mass is 10.2. The van der Waals surface area contributed by atoms with Crippen molar-refractivity contribution in [2.24, 2.45) is 11.8 Å². The van der Waals surface area contributed by atoms with E-state index >= 15 is 0 Å². The van der Waals surface area contributed by atoms with Crippen molar-refractivity contribution in [2.75, 3.05) is 18.7 Å². The molecule has 0 bridgehead atoms. The van der Waals surface area contributed by atoms with Crippen molar-refractivity contribution >= 4 is 21.6 Å². The average molecular weight is 254 g/mol. The molecule has 1 rings (SSSR count). The molecule has 15 heavy (non-hydrogen) atoms. The van der Waals surface area contributed by atoms with Gasteiger partial charge in [-0.05, 0) is 31.6 Å². The first-order valence-electron chi connectivity index (χ1n) is 5.40. The number of hydrogen-bond acceptors (Lipinski definition) is 2. The molecule has 0 N–H and O–H groups in total. The Morgan fingerprint density at radius 2 is 1.93 bits per heavy atom.